The van der Waals surface area contributed by atoms with Crippen LogP contribution in [0.5, 0.6) is 0 Å². The number of piperidine rings is 1. The Bertz CT molecular complexity index is 458. The van der Waals surface area contributed by atoms with E-state index in [0.717, 1.165) is 0 Å². The van der Waals surface area contributed by atoms with Gasteiger partial charge in [0.1, 0.15) is 11.6 Å². The molecule has 1 amide bonds. The van der Waals surface area contributed by atoms with Crippen molar-refractivity contribution < 1.29 is 14.3 Å². The molecule has 122 valence electrons. The van der Waals surface area contributed by atoms with Gasteiger partial charge in [0.15, 0.2) is 0 Å². The fraction of sp³-hybridized carbons (Fsp3) is 0.688. The number of likely N-dealkylation sites (tertiary alicyclic amines) is 1. The van der Waals surface area contributed by atoms with Gasteiger partial charge in [-0.2, -0.15) is 5.26 Å². The SMILES string of the molecule is CCOC(=O)C1CCN(/C=C(/C#N)C(=O)NCC(C)C)CC1. The van der Waals surface area contributed by atoms with Gasteiger partial charge in [-0.15, -0.1) is 0 Å². The minimum absolute atomic E-state index is 0.0788. The van der Waals surface area contributed by atoms with Gasteiger partial charge in [0, 0.05) is 25.8 Å². The van der Waals surface area contributed by atoms with E-state index in [-0.39, 0.29) is 23.4 Å². The van der Waals surface area contributed by atoms with Gasteiger partial charge in [-0.3, -0.25) is 9.59 Å². The summed E-state index contributed by atoms with van der Waals surface area (Å²) in [4.78, 5) is 25.5. The van der Waals surface area contributed by atoms with E-state index in [9.17, 15) is 9.59 Å². The molecular formula is C16H25N3O3. The molecule has 0 aromatic carbocycles. The largest absolute Gasteiger partial charge is 0.466 e. The Kier molecular flexibility index (Phi) is 7.44. The average molecular weight is 307 g/mol. The lowest BCUT2D eigenvalue weighted by molar-refractivity contribution is -0.149. The molecule has 0 saturated carbocycles. The van der Waals surface area contributed by atoms with Crippen LogP contribution in [-0.2, 0) is 14.3 Å². The van der Waals surface area contributed by atoms with Crippen LogP contribution in [0.15, 0.2) is 11.8 Å². The zero-order valence-electron chi connectivity index (χ0n) is 13.6. The van der Waals surface area contributed by atoms with Gasteiger partial charge < -0.3 is 15.0 Å². The predicted molar refractivity (Wildman–Crippen MR) is 82.5 cm³/mol. The van der Waals surface area contributed by atoms with Crippen molar-refractivity contribution in [3.8, 4) is 6.07 Å². The lowest BCUT2D eigenvalue weighted by Gasteiger charge is -2.30. The number of carbonyl (C=O) groups excluding carboxylic acids is 2. The van der Waals surface area contributed by atoms with E-state index in [1.54, 1.807) is 13.1 Å². The molecule has 0 aromatic heterocycles. The summed E-state index contributed by atoms with van der Waals surface area (Å²) in [6.45, 7) is 8.02. The van der Waals surface area contributed by atoms with Crippen molar-refractivity contribution in [2.75, 3.05) is 26.2 Å². The minimum atomic E-state index is -0.344. The van der Waals surface area contributed by atoms with E-state index in [4.69, 9.17) is 10.00 Å². The molecular weight excluding hydrogens is 282 g/mol. The molecule has 1 heterocycles. The summed E-state index contributed by atoms with van der Waals surface area (Å²) >= 11 is 0. The second-order valence-corrected chi connectivity index (χ2v) is 5.82. The fourth-order valence-corrected chi connectivity index (χ4v) is 2.24. The molecule has 0 aliphatic carbocycles. The van der Waals surface area contributed by atoms with Crippen molar-refractivity contribution in [3.63, 3.8) is 0 Å². The molecule has 0 aromatic rings. The van der Waals surface area contributed by atoms with Gasteiger partial charge in [0.25, 0.3) is 5.91 Å². The Labute approximate surface area is 132 Å². The summed E-state index contributed by atoms with van der Waals surface area (Å²) < 4.78 is 5.02. The number of hydrogen-bond donors (Lipinski definition) is 1. The number of hydrogen-bond acceptors (Lipinski definition) is 5. The number of rotatable bonds is 6. The zero-order valence-corrected chi connectivity index (χ0v) is 13.6. The Hall–Kier alpha value is -2.03. The van der Waals surface area contributed by atoms with Crippen LogP contribution in [0.1, 0.15) is 33.6 Å². The van der Waals surface area contributed by atoms with Gasteiger partial charge in [0.05, 0.1) is 12.5 Å². The molecule has 0 atom stereocenters. The third-order valence-electron chi connectivity index (χ3n) is 3.50. The third-order valence-corrected chi connectivity index (χ3v) is 3.50. The molecule has 1 aliphatic rings. The molecule has 0 bridgehead atoms. The van der Waals surface area contributed by atoms with Crippen molar-refractivity contribution in [2.45, 2.75) is 33.6 Å². The van der Waals surface area contributed by atoms with E-state index >= 15 is 0 Å². The van der Waals surface area contributed by atoms with E-state index in [2.05, 4.69) is 5.32 Å². The normalized spacial score (nSPS) is 16.3. The number of nitriles is 1. The molecule has 6 nitrogen and oxygen atoms in total. The van der Waals surface area contributed by atoms with E-state index in [1.807, 2.05) is 24.8 Å². The molecule has 0 spiro atoms. The van der Waals surface area contributed by atoms with Crippen LogP contribution in [0.2, 0.25) is 0 Å². The van der Waals surface area contributed by atoms with Gasteiger partial charge in [-0.25, -0.2) is 0 Å². The summed E-state index contributed by atoms with van der Waals surface area (Å²) in [6.07, 6.45) is 2.96. The Morgan fingerprint density at radius 2 is 2.05 bits per heavy atom. The number of nitrogens with one attached hydrogen (secondary N) is 1. The van der Waals surface area contributed by atoms with Gasteiger partial charge >= 0.3 is 5.97 Å². The lowest BCUT2D eigenvalue weighted by Crippen LogP contribution is -2.35. The van der Waals surface area contributed by atoms with Crippen LogP contribution in [0.3, 0.4) is 0 Å². The van der Waals surface area contributed by atoms with Gasteiger partial charge in [-0.05, 0) is 25.7 Å². The lowest BCUT2D eigenvalue weighted by atomic mass is 9.97. The van der Waals surface area contributed by atoms with Crippen molar-refractivity contribution in [2.24, 2.45) is 11.8 Å². The zero-order chi connectivity index (χ0) is 16.5. The monoisotopic (exact) mass is 307 g/mol. The molecule has 1 fully saturated rings. The summed E-state index contributed by atoms with van der Waals surface area (Å²) in [5.41, 5.74) is 0.107. The van der Waals surface area contributed by atoms with E-state index in [1.165, 1.54) is 0 Å². The van der Waals surface area contributed by atoms with Crippen LogP contribution < -0.4 is 5.32 Å². The van der Waals surface area contributed by atoms with Crippen LogP contribution in [-0.4, -0.2) is 43.0 Å². The van der Waals surface area contributed by atoms with Crippen LogP contribution in [0, 0.1) is 23.2 Å². The minimum Gasteiger partial charge on any atom is -0.466 e. The van der Waals surface area contributed by atoms with Gasteiger partial charge in [0.2, 0.25) is 0 Å². The number of amides is 1. The topological polar surface area (TPSA) is 82.4 Å². The molecule has 1 N–H and O–H groups in total. The molecule has 1 aliphatic heterocycles. The summed E-state index contributed by atoms with van der Waals surface area (Å²) in [5.74, 6) is -0.237. The van der Waals surface area contributed by atoms with Crippen molar-refractivity contribution >= 4 is 11.9 Å². The highest BCUT2D eigenvalue weighted by atomic mass is 16.5. The molecule has 6 heteroatoms. The number of esters is 1. The second-order valence-electron chi connectivity index (χ2n) is 5.82. The Morgan fingerprint density at radius 1 is 1.41 bits per heavy atom. The van der Waals surface area contributed by atoms with Crippen LogP contribution >= 0.6 is 0 Å². The molecule has 1 rings (SSSR count). The predicted octanol–water partition coefficient (Wildman–Crippen LogP) is 1.44. The molecule has 0 radical (unpaired) electrons. The fourth-order valence-electron chi connectivity index (χ4n) is 2.24. The first-order valence-corrected chi connectivity index (χ1v) is 7.78. The first kappa shape index (κ1) is 18.0. The quantitative estimate of drug-likeness (QED) is 0.456. The molecule has 1 saturated heterocycles. The highest BCUT2D eigenvalue weighted by Gasteiger charge is 2.25. The molecule has 0 unspecified atom stereocenters. The van der Waals surface area contributed by atoms with Crippen LogP contribution in [0.25, 0.3) is 0 Å². The summed E-state index contributed by atoms with van der Waals surface area (Å²) in [5, 5.41) is 11.9. The maximum Gasteiger partial charge on any atom is 0.309 e. The highest BCUT2D eigenvalue weighted by Crippen LogP contribution is 2.19. The Balaban J connectivity index is 2.53. The highest BCUT2D eigenvalue weighted by molar-refractivity contribution is 5.97. The van der Waals surface area contributed by atoms with Gasteiger partial charge in [-0.1, -0.05) is 13.8 Å². The first-order chi connectivity index (χ1) is 10.5. The van der Waals surface area contributed by atoms with Crippen molar-refractivity contribution in [1.29, 1.82) is 5.26 Å². The van der Waals surface area contributed by atoms with Crippen molar-refractivity contribution in [1.82, 2.24) is 10.2 Å². The third kappa shape index (κ3) is 5.76. The summed E-state index contributed by atoms with van der Waals surface area (Å²) in [7, 11) is 0. The number of carbonyl (C=O) groups is 2. The summed E-state index contributed by atoms with van der Waals surface area (Å²) in [6, 6.07) is 1.94. The number of ether oxygens (including phenoxy) is 1. The van der Waals surface area contributed by atoms with Crippen molar-refractivity contribution in [3.05, 3.63) is 11.8 Å². The standard InChI is InChI=1S/C16H25N3O3/c1-4-22-16(21)13-5-7-19(8-6-13)11-14(9-17)15(20)18-10-12(2)3/h11-13H,4-8,10H2,1-3H3,(H,18,20)/b14-11-. The van der Waals surface area contributed by atoms with Crippen LogP contribution in [0.4, 0.5) is 0 Å². The van der Waals surface area contributed by atoms with E-state index in [0.29, 0.717) is 45.0 Å². The first-order valence-electron chi connectivity index (χ1n) is 7.78. The average Bonchev–Trinajstić information content (AvgIpc) is 2.51. The Morgan fingerprint density at radius 3 is 2.55 bits per heavy atom. The maximum atomic E-state index is 11.9. The molecule has 22 heavy (non-hydrogen) atoms. The maximum absolute atomic E-state index is 11.9. The smallest absolute Gasteiger partial charge is 0.309 e. The number of nitrogens with zero attached hydrogens (tertiary/aromatic N) is 2. The van der Waals surface area contributed by atoms with E-state index < -0.39 is 0 Å². The second kappa shape index (κ2) is 9.08.